The molecule has 17 heavy (non-hydrogen) atoms. The van der Waals surface area contributed by atoms with Crippen molar-refractivity contribution in [1.29, 1.82) is 0 Å². The molecule has 1 rings (SSSR count). The highest BCUT2D eigenvalue weighted by atomic mass is 35.5. The number of aryl methyl sites for hydroxylation is 1. The predicted octanol–water partition coefficient (Wildman–Crippen LogP) is 0.513. The van der Waals surface area contributed by atoms with Crippen molar-refractivity contribution in [2.45, 2.75) is 30.8 Å². The van der Waals surface area contributed by atoms with Crippen LogP contribution >= 0.6 is 11.6 Å². The highest BCUT2D eigenvalue weighted by Crippen LogP contribution is 2.13. The number of nitrogens with one attached hydrogen (secondary N) is 1. The molecular weight excluding hydrogens is 266 g/mol. The van der Waals surface area contributed by atoms with Gasteiger partial charge in [-0.25, -0.2) is 18.1 Å². The Balaban J connectivity index is 2.75. The summed E-state index contributed by atoms with van der Waals surface area (Å²) >= 11 is 5.68. The van der Waals surface area contributed by atoms with Crippen molar-refractivity contribution in [3.05, 3.63) is 11.5 Å². The van der Waals surface area contributed by atoms with Gasteiger partial charge in [0.05, 0.1) is 0 Å². The Labute approximate surface area is 106 Å². The minimum absolute atomic E-state index is 0.0431. The molecule has 0 amide bonds. The molecule has 0 fully saturated rings. The summed E-state index contributed by atoms with van der Waals surface area (Å²) in [7, 11) is -2.02. The first-order chi connectivity index (χ1) is 7.86. The van der Waals surface area contributed by atoms with Crippen LogP contribution in [0.3, 0.4) is 0 Å². The number of hydrogen-bond acceptors (Lipinski definition) is 4. The average Bonchev–Trinajstić information content (AvgIpc) is 2.56. The lowest BCUT2D eigenvalue weighted by Crippen LogP contribution is -2.32. The van der Waals surface area contributed by atoms with Gasteiger partial charge in [0, 0.05) is 25.9 Å². The molecule has 0 aliphatic rings. The van der Waals surface area contributed by atoms with Crippen molar-refractivity contribution in [3.63, 3.8) is 0 Å². The molecule has 0 aliphatic heterocycles. The van der Waals surface area contributed by atoms with Crippen LogP contribution < -0.4 is 4.72 Å². The van der Waals surface area contributed by atoms with E-state index >= 15 is 0 Å². The molecule has 8 heteroatoms. The summed E-state index contributed by atoms with van der Waals surface area (Å²) in [5.74, 6) is 0. The second kappa shape index (κ2) is 5.81. The maximum atomic E-state index is 11.9. The van der Waals surface area contributed by atoms with Crippen LogP contribution in [0.25, 0.3) is 0 Å². The Kier molecular flexibility index (Phi) is 4.93. The molecule has 2 N–H and O–H groups in total. The Hall–Kier alpha value is -0.630. The van der Waals surface area contributed by atoms with Gasteiger partial charge in [-0.05, 0) is 31.4 Å². The molecular formula is C9H16ClN3O3S. The van der Waals surface area contributed by atoms with E-state index in [1.165, 1.54) is 10.8 Å². The van der Waals surface area contributed by atoms with Crippen LogP contribution in [0, 0.1) is 0 Å². The largest absolute Gasteiger partial charge is 0.396 e. The van der Waals surface area contributed by atoms with Crippen LogP contribution in [0.2, 0.25) is 5.28 Å². The summed E-state index contributed by atoms with van der Waals surface area (Å²) in [6.07, 6.45) is 2.46. The van der Waals surface area contributed by atoms with Gasteiger partial charge in [-0.1, -0.05) is 0 Å². The van der Waals surface area contributed by atoms with Gasteiger partial charge in [0.1, 0.15) is 0 Å². The number of aromatic nitrogens is 2. The van der Waals surface area contributed by atoms with E-state index in [0.717, 1.165) is 0 Å². The number of nitrogens with zero attached hydrogens (tertiary/aromatic N) is 2. The normalized spacial score (nSPS) is 13.9. The molecule has 0 saturated heterocycles. The van der Waals surface area contributed by atoms with E-state index in [9.17, 15) is 8.42 Å². The predicted molar refractivity (Wildman–Crippen MR) is 64.3 cm³/mol. The molecule has 0 saturated carbocycles. The Morgan fingerprint density at radius 2 is 2.29 bits per heavy atom. The van der Waals surface area contributed by atoms with E-state index in [2.05, 4.69) is 9.71 Å². The van der Waals surface area contributed by atoms with Crippen molar-refractivity contribution in [1.82, 2.24) is 14.3 Å². The number of imidazole rings is 1. The van der Waals surface area contributed by atoms with E-state index in [4.69, 9.17) is 16.7 Å². The Bertz CT molecular complexity index is 452. The van der Waals surface area contributed by atoms with E-state index in [1.54, 1.807) is 14.0 Å². The van der Waals surface area contributed by atoms with Crippen molar-refractivity contribution < 1.29 is 13.5 Å². The third kappa shape index (κ3) is 3.95. The molecule has 0 bridgehead atoms. The minimum Gasteiger partial charge on any atom is -0.396 e. The minimum atomic E-state index is -3.64. The fraction of sp³-hybridized carbons (Fsp3) is 0.667. The van der Waals surface area contributed by atoms with Crippen LogP contribution in [0.1, 0.15) is 19.8 Å². The first-order valence-corrected chi connectivity index (χ1v) is 7.05. The highest BCUT2D eigenvalue weighted by Gasteiger charge is 2.21. The molecule has 0 radical (unpaired) electrons. The number of sulfonamides is 1. The van der Waals surface area contributed by atoms with Crippen molar-refractivity contribution in [2.75, 3.05) is 6.61 Å². The quantitative estimate of drug-likeness (QED) is 0.796. The van der Waals surface area contributed by atoms with Crippen LogP contribution in [0.15, 0.2) is 11.2 Å². The monoisotopic (exact) mass is 281 g/mol. The third-order valence-corrected chi connectivity index (χ3v) is 4.04. The van der Waals surface area contributed by atoms with E-state index in [0.29, 0.717) is 12.8 Å². The number of halogens is 1. The average molecular weight is 282 g/mol. The van der Waals surface area contributed by atoms with Gasteiger partial charge >= 0.3 is 0 Å². The Morgan fingerprint density at radius 3 is 2.76 bits per heavy atom. The first kappa shape index (κ1) is 14.4. The molecule has 0 spiro atoms. The van der Waals surface area contributed by atoms with E-state index < -0.39 is 10.0 Å². The topological polar surface area (TPSA) is 84.2 Å². The number of aliphatic hydroxyl groups is 1. The van der Waals surface area contributed by atoms with Gasteiger partial charge in [-0.15, -0.1) is 0 Å². The third-order valence-electron chi connectivity index (χ3n) is 2.22. The lowest BCUT2D eigenvalue weighted by atomic mass is 10.2. The maximum Gasteiger partial charge on any atom is 0.259 e. The Morgan fingerprint density at radius 1 is 1.65 bits per heavy atom. The molecule has 0 aromatic carbocycles. The van der Waals surface area contributed by atoms with Crippen molar-refractivity contribution in [3.8, 4) is 0 Å². The van der Waals surface area contributed by atoms with Crippen molar-refractivity contribution in [2.24, 2.45) is 7.05 Å². The smallest absolute Gasteiger partial charge is 0.259 e. The first-order valence-electron chi connectivity index (χ1n) is 5.19. The van der Waals surface area contributed by atoms with Crippen LogP contribution in [-0.2, 0) is 17.1 Å². The molecule has 1 unspecified atom stereocenters. The second-order valence-electron chi connectivity index (χ2n) is 3.85. The summed E-state index contributed by atoms with van der Waals surface area (Å²) in [5.41, 5.74) is 0. The lowest BCUT2D eigenvalue weighted by molar-refractivity contribution is 0.279. The second-order valence-corrected chi connectivity index (χ2v) is 5.85. The van der Waals surface area contributed by atoms with Gasteiger partial charge in [-0.3, -0.25) is 0 Å². The van der Waals surface area contributed by atoms with Gasteiger partial charge in [-0.2, -0.15) is 0 Å². The van der Waals surface area contributed by atoms with Crippen LogP contribution in [0.4, 0.5) is 0 Å². The standard InChI is InChI=1S/C9H16ClN3O3S/c1-7(4-3-5-14)12-17(15,16)8-6-13(2)9(10)11-8/h6-7,12,14H,3-5H2,1-2H3. The van der Waals surface area contributed by atoms with E-state index in [1.807, 2.05) is 0 Å². The lowest BCUT2D eigenvalue weighted by Gasteiger charge is -2.11. The zero-order valence-corrected chi connectivity index (χ0v) is 11.3. The molecule has 1 aromatic heterocycles. The molecule has 0 aliphatic carbocycles. The zero-order chi connectivity index (χ0) is 13.1. The van der Waals surface area contributed by atoms with Gasteiger partial charge < -0.3 is 9.67 Å². The summed E-state index contributed by atoms with van der Waals surface area (Å²) in [5, 5.41) is 8.68. The summed E-state index contributed by atoms with van der Waals surface area (Å²) in [6.45, 7) is 1.78. The fourth-order valence-corrected chi connectivity index (χ4v) is 2.79. The SMILES string of the molecule is CC(CCCO)NS(=O)(=O)c1cn(C)c(Cl)n1. The zero-order valence-electron chi connectivity index (χ0n) is 9.72. The molecule has 6 nitrogen and oxygen atoms in total. The fourth-order valence-electron chi connectivity index (χ4n) is 1.33. The van der Waals surface area contributed by atoms with Crippen LogP contribution in [-0.4, -0.2) is 35.7 Å². The number of hydrogen-bond donors (Lipinski definition) is 2. The molecule has 98 valence electrons. The van der Waals surface area contributed by atoms with Crippen molar-refractivity contribution >= 4 is 21.6 Å². The number of aliphatic hydroxyl groups excluding tert-OH is 1. The van der Waals surface area contributed by atoms with E-state index in [-0.39, 0.29) is 23.0 Å². The number of rotatable bonds is 6. The van der Waals surface area contributed by atoms with Crippen LogP contribution in [0.5, 0.6) is 0 Å². The summed E-state index contributed by atoms with van der Waals surface area (Å²) in [6, 6.07) is -0.257. The molecule has 1 heterocycles. The summed E-state index contributed by atoms with van der Waals surface area (Å²) < 4.78 is 27.6. The van der Waals surface area contributed by atoms with Gasteiger partial charge in [0.15, 0.2) is 5.03 Å². The molecule has 1 atom stereocenters. The van der Waals surface area contributed by atoms with Gasteiger partial charge in [0.2, 0.25) is 5.28 Å². The van der Waals surface area contributed by atoms with Gasteiger partial charge in [0.25, 0.3) is 10.0 Å². The summed E-state index contributed by atoms with van der Waals surface area (Å²) in [4.78, 5) is 3.74. The molecule has 1 aromatic rings. The highest BCUT2D eigenvalue weighted by molar-refractivity contribution is 7.89. The maximum absolute atomic E-state index is 11.9.